The number of carboxylic acids is 1. The minimum atomic E-state index is -2.70. The summed E-state index contributed by atoms with van der Waals surface area (Å²) in [6, 6.07) is 5.19. The van der Waals surface area contributed by atoms with Gasteiger partial charge in [-0.1, -0.05) is 12.5 Å². The number of hydrogen-bond acceptors (Lipinski definition) is 4. The Balaban J connectivity index is 1.98. The van der Waals surface area contributed by atoms with Crippen molar-refractivity contribution in [3.63, 3.8) is 0 Å². The average molecular weight is 338 g/mol. The normalized spacial score (nSPS) is 24.3. The van der Waals surface area contributed by atoms with Gasteiger partial charge in [0.2, 0.25) is 0 Å². The van der Waals surface area contributed by atoms with Crippen LogP contribution in [0.5, 0.6) is 5.75 Å². The van der Waals surface area contributed by atoms with Gasteiger partial charge >= 0.3 is 5.97 Å². The minimum Gasteiger partial charge on any atom is -0.755 e. The molecule has 0 spiro atoms. The summed E-state index contributed by atoms with van der Waals surface area (Å²) in [5, 5.41) is 9.34. The molecule has 23 heavy (non-hydrogen) atoms. The van der Waals surface area contributed by atoms with Crippen molar-refractivity contribution in [1.29, 1.82) is 0 Å². The zero-order chi connectivity index (χ0) is 16.8. The van der Waals surface area contributed by atoms with Crippen molar-refractivity contribution < 1.29 is 23.4 Å². The summed E-state index contributed by atoms with van der Waals surface area (Å²) in [5.41, 5.74) is -0.169. The largest absolute Gasteiger partial charge is 0.755 e. The number of ether oxygens (including phenoxy) is 1. The molecule has 126 valence electrons. The molecule has 6 nitrogen and oxygen atoms in total. The quantitative estimate of drug-likeness (QED) is 0.852. The molecule has 0 saturated heterocycles. The fraction of sp³-hybridized carbons (Fsp3) is 0.562. The lowest BCUT2D eigenvalue weighted by Gasteiger charge is -2.37. The third-order valence-corrected chi connectivity index (χ3v) is 5.76. The van der Waals surface area contributed by atoms with Crippen LogP contribution < -0.4 is 9.04 Å². The van der Waals surface area contributed by atoms with E-state index in [-0.39, 0.29) is 6.10 Å². The van der Waals surface area contributed by atoms with Crippen molar-refractivity contribution in [2.24, 2.45) is 0 Å². The van der Waals surface area contributed by atoms with Crippen molar-refractivity contribution in [2.45, 2.75) is 57.1 Å². The zero-order valence-electron chi connectivity index (χ0n) is 13.2. The van der Waals surface area contributed by atoms with Gasteiger partial charge in [-0.3, -0.25) is 8.51 Å². The number of nitrogens with zero attached hydrogens (tertiary/aromatic N) is 1. The first-order chi connectivity index (χ1) is 10.8. The van der Waals surface area contributed by atoms with E-state index in [9.17, 15) is 18.7 Å². The standard InChI is InChI=1S/C16H21NO5S/c1-16(2,15(18)19)17(23(20)21)10-7-8-12-11-5-3-4-6-13(11)22-14(12)9-10/h7-9,11,13H,3-6H2,1-2H3,(H,18,19)(H,20,21)/p-1. The van der Waals surface area contributed by atoms with Gasteiger partial charge in [-0.15, -0.1) is 0 Å². The molecule has 2 aliphatic rings. The van der Waals surface area contributed by atoms with Crippen LogP contribution >= 0.6 is 0 Å². The zero-order valence-corrected chi connectivity index (χ0v) is 14.0. The Bertz CT molecular complexity index is 660. The molecule has 1 aromatic carbocycles. The van der Waals surface area contributed by atoms with Crippen LogP contribution in [0.2, 0.25) is 0 Å². The molecule has 0 aromatic heterocycles. The summed E-state index contributed by atoms with van der Waals surface area (Å²) < 4.78 is 30.1. The molecule has 1 aliphatic heterocycles. The molecule has 0 bridgehead atoms. The molecule has 7 heteroatoms. The number of benzene rings is 1. The highest BCUT2D eigenvalue weighted by atomic mass is 32.2. The van der Waals surface area contributed by atoms with Crippen LogP contribution in [0.25, 0.3) is 0 Å². The highest BCUT2D eigenvalue weighted by Gasteiger charge is 2.39. The Morgan fingerprint density at radius 3 is 2.74 bits per heavy atom. The average Bonchev–Trinajstić information content (AvgIpc) is 2.84. The smallest absolute Gasteiger partial charge is 0.329 e. The number of hydrogen-bond donors (Lipinski definition) is 1. The number of anilines is 1. The SMILES string of the molecule is CC(C)(C(=O)O)N(c1ccc2c(c1)OC1CCCCC21)S(=O)[O-]. The summed E-state index contributed by atoms with van der Waals surface area (Å²) in [5.74, 6) is -0.167. The molecular weight excluding hydrogens is 318 g/mol. The summed E-state index contributed by atoms with van der Waals surface area (Å²) in [6.07, 6.45) is 4.56. The minimum absolute atomic E-state index is 0.160. The third-order valence-electron chi connectivity index (χ3n) is 4.79. The number of rotatable bonds is 4. The summed E-state index contributed by atoms with van der Waals surface area (Å²) >= 11 is -2.70. The van der Waals surface area contributed by atoms with Crippen LogP contribution in [0.1, 0.15) is 51.0 Å². The van der Waals surface area contributed by atoms with E-state index in [0.29, 0.717) is 17.4 Å². The Labute approximate surface area is 137 Å². The molecule has 3 unspecified atom stereocenters. The second-order valence-electron chi connectivity index (χ2n) is 6.65. The van der Waals surface area contributed by atoms with Crippen LogP contribution in [-0.2, 0) is 16.1 Å². The summed E-state index contributed by atoms with van der Waals surface area (Å²) in [7, 11) is 0. The van der Waals surface area contributed by atoms with Gasteiger partial charge in [0.15, 0.2) is 0 Å². The van der Waals surface area contributed by atoms with Crippen LogP contribution in [0.15, 0.2) is 18.2 Å². The van der Waals surface area contributed by atoms with Gasteiger partial charge < -0.3 is 14.4 Å². The fourth-order valence-electron chi connectivity index (χ4n) is 3.50. The molecule has 3 atom stereocenters. The summed E-state index contributed by atoms with van der Waals surface area (Å²) in [4.78, 5) is 11.4. The maximum Gasteiger partial charge on any atom is 0.329 e. The first-order valence-electron chi connectivity index (χ1n) is 7.76. The van der Waals surface area contributed by atoms with Crippen molar-refractivity contribution >= 4 is 22.9 Å². The molecule has 0 radical (unpaired) electrons. The van der Waals surface area contributed by atoms with Crippen LogP contribution in [0.3, 0.4) is 0 Å². The summed E-state index contributed by atoms with van der Waals surface area (Å²) in [6.45, 7) is 2.72. The predicted molar refractivity (Wildman–Crippen MR) is 85.2 cm³/mol. The van der Waals surface area contributed by atoms with Crippen LogP contribution in [0.4, 0.5) is 5.69 Å². The molecular formula is C16H20NO5S-. The maximum absolute atomic E-state index is 11.6. The number of carbonyl (C=O) groups is 1. The monoisotopic (exact) mass is 338 g/mol. The molecule has 1 fully saturated rings. The highest BCUT2D eigenvalue weighted by molar-refractivity contribution is 7.80. The first kappa shape index (κ1) is 16.3. The predicted octanol–water partition coefficient (Wildman–Crippen LogP) is 2.57. The Morgan fingerprint density at radius 2 is 2.09 bits per heavy atom. The van der Waals surface area contributed by atoms with Gasteiger partial charge in [0.1, 0.15) is 17.4 Å². The fourth-order valence-corrected chi connectivity index (χ4v) is 4.23. The highest BCUT2D eigenvalue weighted by Crippen LogP contribution is 2.47. The first-order valence-corrected chi connectivity index (χ1v) is 8.79. The van der Waals surface area contributed by atoms with E-state index in [0.717, 1.165) is 29.1 Å². The van der Waals surface area contributed by atoms with Gasteiger partial charge in [-0.25, -0.2) is 4.79 Å². The van der Waals surface area contributed by atoms with E-state index in [2.05, 4.69) is 0 Å². The Kier molecular flexibility index (Phi) is 4.10. The van der Waals surface area contributed by atoms with E-state index in [4.69, 9.17) is 4.74 Å². The van der Waals surface area contributed by atoms with Crippen LogP contribution in [0, 0.1) is 0 Å². The second kappa shape index (κ2) is 5.79. The van der Waals surface area contributed by atoms with Gasteiger partial charge in [-0.05, 0) is 39.2 Å². The lowest BCUT2D eigenvalue weighted by Crippen LogP contribution is -2.51. The second-order valence-corrected chi connectivity index (χ2v) is 7.44. The molecule has 3 rings (SSSR count). The van der Waals surface area contributed by atoms with E-state index >= 15 is 0 Å². The number of aliphatic carboxylic acids is 1. The molecule has 1 aromatic rings. The van der Waals surface area contributed by atoms with Crippen molar-refractivity contribution in [1.82, 2.24) is 0 Å². The Morgan fingerprint density at radius 1 is 1.39 bits per heavy atom. The van der Waals surface area contributed by atoms with E-state index in [1.807, 2.05) is 6.07 Å². The molecule has 1 heterocycles. The van der Waals surface area contributed by atoms with Gasteiger partial charge in [0.25, 0.3) is 0 Å². The molecule has 1 saturated carbocycles. The molecule has 1 N–H and O–H groups in total. The lowest BCUT2D eigenvalue weighted by atomic mass is 9.83. The molecule has 0 amide bonds. The van der Waals surface area contributed by atoms with Crippen molar-refractivity contribution in [2.75, 3.05) is 4.31 Å². The van der Waals surface area contributed by atoms with E-state index in [1.54, 1.807) is 12.1 Å². The van der Waals surface area contributed by atoms with Crippen molar-refractivity contribution in [3.8, 4) is 5.75 Å². The third kappa shape index (κ3) is 2.72. The molecule has 1 aliphatic carbocycles. The van der Waals surface area contributed by atoms with Gasteiger partial charge in [-0.2, -0.15) is 0 Å². The van der Waals surface area contributed by atoms with Gasteiger partial charge in [0, 0.05) is 28.8 Å². The maximum atomic E-state index is 11.6. The van der Waals surface area contributed by atoms with E-state index in [1.165, 1.54) is 20.3 Å². The van der Waals surface area contributed by atoms with E-state index < -0.39 is 22.8 Å². The lowest BCUT2D eigenvalue weighted by molar-refractivity contribution is -0.141. The van der Waals surface area contributed by atoms with Crippen LogP contribution in [-0.4, -0.2) is 31.5 Å². The number of fused-ring (bicyclic) bond motifs is 3. The topological polar surface area (TPSA) is 89.9 Å². The Hall–Kier alpha value is -1.60. The number of carboxylic acid groups (broad SMARTS) is 1. The van der Waals surface area contributed by atoms with Gasteiger partial charge in [0.05, 0.1) is 5.69 Å². The van der Waals surface area contributed by atoms with Crippen molar-refractivity contribution in [3.05, 3.63) is 23.8 Å².